The second-order valence-corrected chi connectivity index (χ2v) is 5.81. The standard InChI is InChI=1S/C9H18N2O3S/c1-3-6-15(13,14)11-7(2)9(12)10-8-4-5-8/h7-8,11H,3-6H2,1-2H3,(H,10,12). The SMILES string of the molecule is CCCS(=O)(=O)NC(C)C(=O)NC1CC1. The van der Waals surface area contributed by atoms with Crippen molar-refractivity contribution in [1.82, 2.24) is 10.0 Å². The van der Waals surface area contributed by atoms with E-state index in [4.69, 9.17) is 0 Å². The third kappa shape index (κ3) is 4.61. The van der Waals surface area contributed by atoms with Gasteiger partial charge >= 0.3 is 0 Å². The summed E-state index contributed by atoms with van der Waals surface area (Å²) in [5.41, 5.74) is 0. The van der Waals surface area contributed by atoms with Crippen molar-refractivity contribution < 1.29 is 13.2 Å². The van der Waals surface area contributed by atoms with E-state index in [0.717, 1.165) is 12.8 Å². The van der Waals surface area contributed by atoms with Gasteiger partial charge in [0.15, 0.2) is 0 Å². The largest absolute Gasteiger partial charge is 0.352 e. The van der Waals surface area contributed by atoms with E-state index < -0.39 is 16.1 Å². The van der Waals surface area contributed by atoms with Gasteiger partial charge in [0.05, 0.1) is 11.8 Å². The summed E-state index contributed by atoms with van der Waals surface area (Å²) >= 11 is 0. The van der Waals surface area contributed by atoms with Crippen molar-refractivity contribution in [3.05, 3.63) is 0 Å². The lowest BCUT2D eigenvalue weighted by Gasteiger charge is -2.13. The molecule has 2 N–H and O–H groups in total. The van der Waals surface area contributed by atoms with Crippen molar-refractivity contribution in [3.8, 4) is 0 Å². The van der Waals surface area contributed by atoms with Crippen LogP contribution >= 0.6 is 0 Å². The summed E-state index contributed by atoms with van der Waals surface area (Å²) in [6.45, 7) is 3.35. The molecule has 1 amide bonds. The molecule has 5 nitrogen and oxygen atoms in total. The van der Waals surface area contributed by atoms with Crippen LogP contribution in [0.4, 0.5) is 0 Å². The molecule has 1 rings (SSSR count). The smallest absolute Gasteiger partial charge is 0.238 e. The molecule has 1 fully saturated rings. The molecule has 88 valence electrons. The fourth-order valence-corrected chi connectivity index (χ4v) is 2.51. The minimum absolute atomic E-state index is 0.0635. The van der Waals surface area contributed by atoms with Crippen LogP contribution in [0, 0.1) is 0 Å². The molecule has 0 spiro atoms. The van der Waals surface area contributed by atoms with E-state index in [0.29, 0.717) is 6.42 Å². The molecule has 1 saturated carbocycles. The third-order valence-corrected chi connectivity index (χ3v) is 3.80. The quantitative estimate of drug-likeness (QED) is 0.678. The van der Waals surface area contributed by atoms with Gasteiger partial charge in [0, 0.05) is 6.04 Å². The first kappa shape index (κ1) is 12.4. The Bertz CT molecular complexity index is 322. The molecule has 0 saturated heterocycles. The molecule has 0 radical (unpaired) electrons. The highest BCUT2D eigenvalue weighted by atomic mass is 32.2. The van der Waals surface area contributed by atoms with Crippen LogP contribution in [-0.2, 0) is 14.8 Å². The minimum Gasteiger partial charge on any atom is -0.352 e. The zero-order valence-electron chi connectivity index (χ0n) is 9.12. The molecule has 0 aromatic heterocycles. The van der Waals surface area contributed by atoms with Crippen molar-refractivity contribution in [2.75, 3.05) is 5.75 Å². The highest BCUT2D eigenvalue weighted by Gasteiger charge is 2.27. The molecule has 0 aliphatic heterocycles. The van der Waals surface area contributed by atoms with Gasteiger partial charge in [0.1, 0.15) is 0 Å². The van der Waals surface area contributed by atoms with Crippen LogP contribution in [0.3, 0.4) is 0 Å². The van der Waals surface area contributed by atoms with Crippen LogP contribution in [0.15, 0.2) is 0 Å². The van der Waals surface area contributed by atoms with E-state index in [9.17, 15) is 13.2 Å². The lowest BCUT2D eigenvalue weighted by Crippen LogP contribution is -2.46. The number of amides is 1. The summed E-state index contributed by atoms with van der Waals surface area (Å²) < 4.78 is 25.1. The molecule has 1 aliphatic carbocycles. The zero-order valence-corrected chi connectivity index (χ0v) is 9.93. The summed E-state index contributed by atoms with van der Waals surface area (Å²) in [5, 5.41) is 2.75. The predicted molar refractivity (Wildman–Crippen MR) is 57.8 cm³/mol. The van der Waals surface area contributed by atoms with Crippen LogP contribution in [0.5, 0.6) is 0 Å². The van der Waals surface area contributed by atoms with E-state index in [1.807, 2.05) is 0 Å². The number of sulfonamides is 1. The highest BCUT2D eigenvalue weighted by Crippen LogP contribution is 2.18. The van der Waals surface area contributed by atoms with Crippen LogP contribution in [0.25, 0.3) is 0 Å². The Balaban J connectivity index is 2.38. The van der Waals surface area contributed by atoms with Crippen molar-refractivity contribution in [1.29, 1.82) is 0 Å². The van der Waals surface area contributed by atoms with Gasteiger partial charge in [-0.3, -0.25) is 4.79 Å². The molecule has 0 bridgehead atoms. The fourth-order valence-electron chi connectivity index (χ4n) is 1.20. The van der Waals surface area contributed by atoms with Crippen molar-refractivity contribution in [2.24, 2.45) is 0 Å². The summed E-state index contributed by atoms with van der Waals surface area (Å²) in [4.78, 5) is 11.4. The van der Waals surface area contributed by atoms with Crippen LogP contribution < -0.4 is 10.0 Å². The first-order chi connectivity index (χ1) is 6.94. The topological polar surface area (TPSA) is 75.3 Å². The normalized spacial score (nSPS) is 18.5. The zero-order chi connectivity index (χ0) is 11.5. The van der Waals surface area contributed by atoms with Gasteiger partial charge < -0.3 is 5.32 Å². The van der Waals surface area contributed by atoms with E-state index in [1.165, 1.54) is 0 Å². The van der Waals surface area contributed by atoms with E-state index in [1.54, 1.807) is 13.8 Å². The molecule has 0 heterocycles. The Morgan fingerprint density at radius 2 is 2.07 bits per heavy atom. The monoisotopic (exact) mass is 234 g/mol. The van der Waals surface area contributed by atoms with Gasteiger partial charge in [-0.2, -0.15) is 0 Å². The Labute approximate surface area is 90.7 Å². The van der Waals surface area contributed by atoms with E-state index in [2.05, 4.69) is 10.0 Å². The number of nitrogens with one attached hydrogen (secondary N) is 2. The molecule has 6 heteroatoms. The van der Waals surface area contributed by atoms with Crippen molar-refractivity contribution >= 4 is 15.9 Å². The minimum atomic E-state index is -3.30. The summed E-state index contributed by atoms with van der Waals surface area (Å²) in [7, 11) is -3.30. The molecule has 15 heavy (non-hydrogen) atoms. The van der Waals surface area contributed by atoms with Gasteiger partial charge in [-0.1, -0.05) is 6.92 Å². The Hall–Kier alpha value is -0.620. The van der Waals surface area contributed by atoms with Gasteiger partial charge in [-0.25, -0.2) is 13.1 Å². The molecule has 1 atom stereocenters. The third-order valence-electron chi connectivity index (χ3n) is 2.15. The highest BCUT2D eigenvalue weighted by molar-refractivity contribution is 7.89. The van der Waals surface area contributed by atoms with Gasteiger partial charge in [0.25, 0.3) is 0 Å². The van der Waals surface area contributed by atoms with Crippen LogP contribution in [0.1, 0.15) is 33.1 Å². The number of carbonyl (C=O) groups excluding carboxylic acids is 1. The van der Waals surface area contributed by atoms with Gasteiger partial charge in [-0.05, 0) is 26.2 Å². The second kappa shape index (κ2) is 4.94. The maximum atomic E-state index is 11.4. The molecule has 0 aromatic carbocycles. The maximum absolute atomic E-state index is 11.4. The summed E-state index contributed by atoms with van der Waals surface area (Å²) in [6, 6.07) is -0.419. The Morgan fingerprint density at radius 3 is 2.53 bits per heavy atom. The first-order valence-corrected chi connectivity index (χ1v) is 6.90. The number of rotatable bonds is 6. The Morgan fingerprint density at radius 1 is 1.47 bits per heavy atom. The average molecular weight is 234 g/mol. The Kier molecular flexibility index (Phi) is 4.10. The molecule has 1 aliphatic rings. The maximum Gasteiger partial charge on any atom is 0.238 e. The lowest BCUT2D eigenvalue weighted by atomic mass is 10.3. The predicted octanol–water partition coefficient (Wildman–Crippen LogP) is -0.0171. The summed E-state index contributed by atoms with van der Waals surface area (Å²) in [5.74, 6) is -0.175. The van der Waals surface area contributed by atoms with Gasteiger partial charge in [0.2, 0.25) is 15.9 Å². The van der Waals surface area contributed by atoms with Crippen LogP contribution in [0.2, 0.25) is 0 Å². The van der Waals surface area contributed by atoms with Crippen molar-refractivity contribution in [3.63, 3.8) is 0 Å². The summed E-state index contributed by atoms with van der Waals surface area (Å²) in [6.07, 6.45) is 2.55. The van der Waals surface area contributed by atoms with Crippen LogP contribution in [-0.4, -0.2) is 32.2 Å². The number of hydrogen-bond donors (Lipinski definition) is 2. The molecule has 0 aromatic rings. The fraction of sp³-hybridized carbons (Fsp3) is 0.889. The number of hydrogen-bond acceptors (Lipinski definition) is 3. The first-order valence-electron chi connectivity index (χ1n) is 5.25. The number of carbonyl (C=O) groups is 1. The average Bonchev–Trinajstić information content (AvgIpc) is 2.86. The lowest BCUT2D eigenvalue weighted by molar-refractivity contribution is -0.122. The van der Waals surface area contributed by atoms with E-state index in [-0.39, 0.29) is 17.7 Å². The molecular formula is C9H18N2O3S. The second-order valence-electron chi connectivity index (χ2n) is 3.94. The van der Waals surface area contributed by atoms with E-state index >= 15 is 0 Å². The molecule has 1 unspecified atom stereocenters. The molecular weight excluding hydrogens is 216 g/mol. The van der Waals surface area contributed by atoms with Gasteiger partial charge in [-0.15, -0.1) is 0 Å². The van der Waals surface area contributed by atoms with Crippen molar-refractivity contribution in [2.45, 2.75) is 45.2 Å².